The highest BCUT2D eigenvalue weighted by Gasteiger charge is 2.19. The largest absolute Gasteiger partial charge is 0.476 e. The Hall–Kier alpha value is -2.28. The summed E-state index contributed by atoms with van der Waals surface area (Å²) in [6, 6.07) is 10.3. The molecule has 3 rings (SSSR count). The van der Waals surface area contributed by atoms with Gasteiger partial charge in [0.15, 0.2) is 11.0 Å². The van der Waals surface area contributed by atoms with Gasteiger partial charge in [-0.1, -0.05) is 42.1 Å². The second-order valence-electron chi connectivity index (χ2n) is 5.28. The van der Waals surface area contributed by atoms with Crippen LogP contribution in [0.2, 0.25) is 0 Å². The van der Waals surface area contributed by atoms with Crippen molar-refractivity contribution in [3.63, 3.8) is 0 Å². The molecule has 0 aliphatic rings. The zero-order chi connectivity index (χ0) is 16.9. The van der Waals surface area contributed by atoms with E-state index in [1.54, 1.807) is 11.8 Å². The van der Waals surface area contributed by atoms with E-state index in [2.05, 4.69) is 27.4 Å². The molecule has 0 fully saturated rings. The van der Waals surface area contributed by atoms with Gasteiger partial charge in [0.1, 0.15) is 5.56 Å². The van der Waals surface area contributed by atoms with Gasteiger partial charge in [0.05, 0.1) is 6.61 Å². The zero-order valence-corrected chi connectivity index (χ0v) is 15.0. The third kappa shape index (κ3) is 3.46. The van der Waals surface area contributed by atoms with E-state index in [0.717, 1.165) is 28.8 Å². The van der Waals surface area contributed by atoms with Crippen LogP contribution in [0.5, 0.6) is 5.88 Å². The highest BCUT2D eigenvalue weighted by Crippen LogP contribution is 2.30. The van der Waals surface area contributed by atoms with E-state index in [4.69, 9.17) is 4.74 Å². The van der Waals surface area contributed by atoms with Gasteiger partial charge in [0.2, 0.25) is 5.88 Å². The molecule has 1 aromatic carbocycles. The topological polar surface area (TPSA) is 57.8 Å². The fraction of sp³-hybridized carbons (Fsp3) is 0.353. The minimum atomic E-state index is 0.571. The monoisotopic (exact) mass is 343 g/mol. The average Bonchev–Trinajstić information content (AvgIpc) is 3.17. The summed E-state index contributed by atoms with van der Waals surface area (Å²) in [5, 5.41) is 14.0. The maximum atomic E-state index is 5.65. The molecule has 0 aliphatic heterocycles. The van der Waals surface area contributed by atoms with Gasteiger partial charge in [-0.15, -0.1) is 15.3 Å². The summed E-state index contributed by atoms with van der Waals surface area (Å²) in [4.78, 5) is 0. The molecular weight excluding hydrogens is 322 g/mol. The molecule has 3 aromatic rings. The first-order valence-corrected chi connectivity index (χ1v) is 8.98. The molecule has 0 N–H and O–H groups in total. The fourth-order valence-corrected chi connectivity index (χ4v) is 3.23. The number of rotatable bonds is 7. The summed E-state index contributed by atoms with van der Waals surface area (Å²) < 4.78 is 9.49. The van der Waals surface area contributed by atoms with Gasteiger partial charge >= 0.3 is 0 Å². The summed E-state index contributed by atoms with van der Waals surface area (Å²) in [7, 11) is 1.97. The highest BCUT2D eigenvalue weighted by atomic mass is 32.2. The number of hydrogen-bond donors (Lipinski definition) is 0. The molecule has 0 spiro atoms. The predicted molar refractivity (Wildman–Crippen MR) is 95.1 cm³/mol. The predicted octanol–water partition coefficient (Wildman–Crippen LogP) is 3.39. The minimum Gasteiger partial charge on any atom is -0.476 e. The van der Waals surface area contributed by atoms with Crippen LogP contribution >= 0.6 is 11.8 Å². The van der Waals surface area contributed by atoms with E-state index >= 15 is 0 Å². The number of hydrogen-bond acceptors (Lipinski definition) is 5. The Morgan fingerprint density at radius 2 is 1.92 bits per heavy atom. The van der Waals surface area contributed by atoms with E-state index < -0.39 is 0 Å². The lowest BCUT2D eigenvalue weighted by atomic mass is 10.2. The molecule has 0 saturated heterocycles. The summed E-state index contributed by atoms with van der Waals surface area (Å²) in [6.45, 7) is 5.35. The van der Waals surface area contributed by atoms with Gasteiger partial charge in [0, 0.05) is 25.5 Å². The SMILES string of the molecule is CCOc1nn(CC)cc1-c1nnc(SCc2ccccc2)n1C. The Bertz CT molecular complexity index is 797. The number of aryl methyl sites for hydroxylation is 1. The van der Waals surface area contributed by atoms with Crippen molar-refractivity contribution in [3.05, 3.63) is 42.1 Å². The third-order valence-electron chi connectivity index (χ3n) is 3.62. The molecule has 6 nitrogen and oxygen atoms in total. The van der Waals surface area contributed by atoms with Gasteiger partial charge in [-0.05, 0) is 19.4 Å². The van der Waals surface area contributed by atoms with Crippen LogP contribution in [0, 0.1) is 0 Å². The van der Waals surface area contributed by atoms with Crippen molar-refractivity contribution in [1.82, 2.24) is 24.5 Å². The lowest BCUT2D eigenvalue weighted by Crippen LogP contribution is -1.98. The molecule has 0 aliphatic carbocycles. The van der Waals surface area contributed by atoms with Crippen molar-refractivity contribution in [2.24, 2.45) is 7.05 Å². The van der Waals surface area contributed by atoms with Gasteiger partial charge in [-0.3, -0.25) is 4.68 Å². The van der Waals surface area contributed by atoms with Crippen molar-refractivity contribution < 1.29 is 4.74 Å². The first kappa shape index (κ1) is 16.6. The smallest absolute Gasteiger partial charge is 0.243 e. The van der Waals surface area contributed by atoms with E-state index in [-0.39, 0.29) is 0 Å². The number of benzene rings is 1. The Morgan fingerprint density at radius 1 is 1.12 bits per heavy atom. The van der Waals surface area contributed by atoms with Crippen molar-refractivity contribution in [2.75, 3.05) is 6.61 Å². The molecule has 0 unspecified atom stereocenters. The molecule has 0 radical (unpaired) electrons. The Balaban J connectivity index is 1.83. The maximum absolute atomic E-state index is 5.65. The summed E-state index contributed by atoms with van der Waals surface area (Å²) in [5.41, 5.74) is 2.14. The van der Waals surface area contributed by atoms with Crippen LogP contribution in [0.25, 0.3) is 11.4 Å². The van der Waals surface area contributed by atoms with Gasteiger partial charge in [-0.25, -0.2) is 0 Å². The highest BCUT2D eigenvalue weighted by molar-refractivity contribution is 7.98. The second kappa shape index (κ2) is 7.53. The Morgan fingerprint density at radius 3 is 2.62 bits per heavy atom. The second-order valence-corrected chi connectivity index (χ2v) is 6.22. The Labute approximate surface area is 145 Å². The molecule has 7 heteroatoms. The van der Waals surface area contributed by atoms with Crippen LogP contribution in [0.1, 0.15) is 19.4 Å². The molecule has 0 bridgehead atoms. The summed E-state index contributed by atoms with van der Waals surface area (Å²) >= 11 is 1.67. The van der Waals surface area contributed by atoms with Crippen molar-refractivity contribution >= 4 is 11.8 Å². The molecule has 0 saturated carbocycles. The molecule has 2 heterocycles. The maximum Gasteiger partial charge on any atom is 0.243 e. The fourth-order valence-electron chi connectivity index (χ4n) is 2.36. The number of thioether (sulfide) groups is 1. The third-order valence-corrected chi connectivity index (χ3v) is 4.71. The van der Waals surface area contributed by atoms with Crippen LogP contribution < -0.4 is 4.74 Å². The quantitative estimate of drug-likeness (QED) is 0.616. The molecule has 0 amide bonds. The van der Waals surface area contributed by atoms with E-state index in [0.29, 0.717) is 12.5 Å². The molecule has 24 heavy (non-hydrogen) atoms. The standard InChI is InChI=1S/C17H21N5OS/c1-4-22-11-14(16(20-22)23-5-2)15-18-19-17(21(15)3)24-12-13-9-7-6-8-10-13/h6-11H,4-5,12H2,1-3H3. The number of ether oxygens (including phenoxy) is 1. The first-order chi connectivity index (χ1) is 11.7. The lowest BCUT2D eigenvalue weighted by molar-refractivity contribution is 0.322. The van der Waals surface area contributed by atoms with Gasteiger partial charge in [0.25, 0.3) is 0 Å². The Kier molecular flexibility index (Phi) is 5.20. The molecular formula is C17H21N5OS. The van der Waals surface area contributed by atoms with E-state index in [9.17, 15) is 0 Å². The van der Waals surface area contributed by atoms with Crippen molar-refractivity contribution in [2.45, 2.75) is 31.3 Å². The van der Waals surface area contributed by atoms with Crippen LogP contribution in [0.3, 0.4) is 0 Å². The average molecular weight is 343 g/mol. The zero-order valence-electron chi connectivity index (χ0n) is 14.1. The number of aromatic nitrogens is 5. The van der Waals surface area contributed by atoms with Gasteiger partial charge < -0.3 is 9.30 Å². The van der Waals surface area contributed by atoms with Crippen molar-refractivity contribution in [3.8, 4) is 17.3 Å². The molecule has 0 atom stereocenters. The van der Waals surface area contributed by atoms with Crippen LogP contribution in [-0.4, -0.2) is 31.2 Å². The summed E-state index contributed by atoms with van der Waals surface area (Å²) in [5.74, 6) is 2.24. The number of nitrogens with zero attached hydrogens (tertiary/aromatic N) is 5. The lowest BCUT2D eigenvalue weighted by Gasteiger charge is -2.04. The normalized spacial score (nSPS) is 11.0. The van der Waals surface area contributed by atoms with Crippen molar-refractivity contribution in [1.29, 1.82) is 0 Å². The van der Waals surface area contributed by atoms with Crippen LogP contribution in [-0.2, 0) is 19.3 Å². The van der Waals surface area contributed by atoms with Crippen LogP contribution in [0.4, 0.5) is 0 Å². The van der Waals surface area contributed by atoms with Crippen LogP contribution in [0.15, 0.2) is 41.7 Å². The van der Waals surface area contributed by atoms with E-state index in [1.807, 2.05) is 54.5 Å². The molecule has 126 valence electrons. The first-order valence-electron chi connectivity index (χ1n) is 7.99. The summed E-state index contributed by atoms with van der Waals surface area (Å²) in [6.07, 6.45) is 1.96. The van der Waals surface area contributed by atoms with Gasteiger partial charge in [-0.2, -0.15) is 0 Å². The van der Waals surface area contributed by atoms with E-state index in [1.165, 1.54) is 5.56 Å². The minimum absolute atomic E-state index is 0.571. The molecule has 2 aromatic heterocycles.